The Morgan fingerprint density at radius 3 is 1.02 bits per heavy atom. The Morgan fingerprint density at radius 2 is 0.667 bits per heavy atom. The predicted octanol–water partition coefficient (Wildman–Crippen LogP) is 12.6. The number of benzene rings is 7. The SMILES string of the molecule is FC(F)(F)c1cccc(OB(Oc2cccc(C(F)(F)F)c2)Oc2cccc(C(F)(F)F)c2)c1.c1ccc(Sc2ccc([PH+](c3ccccc3)c3ccccc3)cc2)cc1. The van der Waals surface area contributed by atoms with Gasteiger partial charge in [-0.15, -0.1) is 0 Å². The van der Waals surface area contributed by atoms with E-state index >= 15 is 0 Å². The third kappa shape index (κ3) is 12.6. The molecule has 0 heterocycles. The maximum Gasteiger partial charge on any atom is 0.864 e. The Hall–Kier alpha value is -5.85. The summed E-state index contributed by atoms with van der Waals surface area (Å²) >= 11 is 1.81. The van der Waals surface area contributed by atoms with E-state index in [9.17, 15) is 39.5 Å². The third-order valence-corrected chi connectivity index (χ3v) is 12.2. The van der Waals surface area contributed by atoms with Crippen molar-refractivity contribution in [1.29, 1.82) is 0 Å². The Bertz CT molecular complexity index is 2240. The number of hydrogen-bond acceptors (Lipinski definition) is 4. The van der Waals surface area contributed by atoms with E-state index < -0.39 is 67.7 Å². The van der Waals surface area contributed by atoms with Crippen LogP contribution in [0.1, 0.15) is 16.7 Å². The van der Waals surface area contributed by atoms with E-state index in [-0.39, 0.29) is 0 Å². The van der Waals surface area contributed by atoms with Gasteiger partial charge in [-0.1, -0.05) is 84.6 Å². The van der Waals surface area contributed by atoms with Crippen LogP contribution < -0.4 is 29.9 Å². The molecule has 0 amide bonds. The average molecular weight is 866 g/mol. The largest absolute Gasteiger partial charge is 0.864 e. The molecule has 0 fully saturated rings. The maximum atomic E-state index is 13.0. The van der Waals surface area contributed by atoms with Crippen molar-refractivity contribution in [2.75, 3.05) is 0 Å². The van der Waals surface area contributed by atoms with Gasteiger partial charge in [0.2, 0.25) is 0 Å². The quantitative estimate of drug-likeness (QED) is 0.0736. The zero-order valence-electron chi connectivity index (χ0n) is 31.0. The minimum Gasteiger partial charge on any atom is -0.490 e. The topological polar surface area (TPSA) is 27.7 Å². The normalized spacial score (nSPS) is 11.6. The van der Waals surface area contributed by atoms with Crippen LogP contribution in [-0.2, 0) is 18.5 Å². The summed E-state index contributed by atoms with van der Waals surface area (Å²) in [5, 5.41) is 4.27. The van der Waals surface area contributed by atoms with Gasteiger partial charge in [0.1, 0.15) is 33.2 Å². The second kappa shape index (κ2) is 19.5. The van der Waals surface area contributed by atoms with Crippen molar-refractivity contribution in [3.8, 4) is 17.2 Å². The van der Waals surface area contributed by atoms with Gasteiger partial charge in [0, 0.05) is 9.79 Å². The zero-order valence-corrected chi connectivity index (χ0v) is 32.8. The van der Waals surface area contributed by atoms with Gasteiger partial charge in [0.15, 0.2) is 0 Å². The lowest BCUT2D eigenvalue weighted by Crippen LogP contribution is -2.37. The van der Waals surface area contributed by atoms with E-state index in [1.807, 2.05) is 11.8 Å². The summed E-state index contributed by atoms with van der Waals surface area (Å²) in [4.78, 5) is 2.55. The molecule has 7 aromatic rings. The fraction of sp³-hybridized carbons (Fsp3) is 0.0667. The average Bonchev–Trinajstić information content (AvgIpc) is 3.22. The summed E-state index contributed by atoms with van der Waals surface area (Å²) < 4.78 is 132. The van der Waals surface area contributed by atoms with Crippen molar-refractivity contribution in [3.05, 3.63) is 205 Å². The molecule has 0 aromatic heterocycles. The lowest BCUT2D eigenvalue weighted by atomic mass is 10.1. The Kier molecular flexibility index (Phi) is 14.2. The Balaban J connectivity index is 0.000000208. The van der Waals surface area contributed by atoms with Crippen molar-refractivity contribution in [3.63, 3.8) is 0 Å². The molecule has 0 unspecified atom stereocenters. The van der Waals surface area contributed by atoms with Crippen LogP contribution in [0.25, 0.3) is 0 Å². The number of halogens is 9. The molecule has 0 saturated heterocycles. The van der Waals surface area contributed by atoms with Crippen molar-refractivity contribution < 1.29 is 53.5 Å². The summed E-state index contributed by atoms with van der Waals surface area (Å²) in [5.41, 5.74) is -3.33. The van der Waals surface area contributed by atoms with Gasteiger partial charge in [0.25, 0.3) is 0 Å². The zero-order chi connectivity index (χ0) is 42.8. The summed E-state index contributed by atoms with van der Waals surface area (Å²) in [7, 11) is -3.02. The molecule has 60 heavy (non-hydrogen) atoms. The first-order valence-electron chi connectivity index (χ1n) is 17.9. The summed E-state index contributed by atoms with van der Waals surface area (Å²) in [6, 6.07) is 51.6. The van der Waals surface area contributed by atoms with Gasteiger partial charge in [-0.05, 0) is 115 Å². The third-order valence-electron chi connectivity index (χ3n) is 8.43. The second-order valence-electron chi connectivity index (χ2n) is 12.8. The van der Waals surface area contributed by atoms with Crippen molar-refractivity contribution in [1.82, 2.24) is 0 Å². The molecule has 7 aromatic carbocycles. The minimum absolute atomic E-state index is 0.459. The molecule has 7 rings (SSSR count). The lowest BCUT2D eigenvalue weighted by molar-refractivity contribution is -0.138. The first-order valence-corrected chi connectivity index (χ1v) is 20.3. The number of rotatable bonds is 11. The molecule has 0 N–H and O–H groups in total. The second-order valence-corrected chi connectivity index (χ2v) is 16.4. The predicted molar refractivity (Wildman–Crippen MR) is 219 cm³/mol. The highest BCUT2D eigenvalue weighted by Gasteiger charge is 2.37. The number of alkyl halides is 9. The summed E-state index contributed by atoms with van der Waals surface area (Å²) in [5.74, 6) is -1.38. The van der Waals surface area contributed by atoms with Crippen LogP contribution in [-0.4, -0.2) is 7.32 Å². The lowest BCUT2D eigenvalue weighted by Gasteiger charge is -2.18. The molecule has 3 nitrogen and oxygen atoms in total. The van der Waals surface area contributed by atoms with E-state index in [0.717, 1.165) is 54.6 Å². The van der Waals surface area contributed by atoms with Crippen molar-refractivity contribution >= 4 is 42.9 Å². The standard InChI is InChI=1S/C24H19PS.C21H12BF9O3/c1-4-10-20(11-5-1)25(21-12-6-2-7-13-21)22-16-18-24(19-17-22)26-23-14-8-3-9-15-23;23-19(24,25)13-4-1-7-16(10-13)32-22(33-17-8-2-5-14(11-17)20(26,27)28)34-18-9-3-6-15(12-18)21(29,30)31/h1-19H;1-12H/p+1. The van der Waals surface area contributed by atoms with Gasteiger partial charge in [-0.25, -0.2) is 0 Å². The Labute approximate surface area is 345 Å². The summed E-state index contributed by atoms with van der Waals surface area (Å²) in [6.07, 6.45) is -14.2. The molecule has 0 bridgehead atoms. The monoisotopic (exact) mass is 865 g/mol. The minimum atomic E-state index is -4.74. The van der Waals surface area contributed by atoms with Crippen LogP contribution in [0, 0.1) is 0 Å². The van der Waals surface area contributed by atoms with Crippen LogP contribution in [0.5, 0.6) is 17.2 Å². The van der Waals surface area contributed by atoms with Gasteiger partial charge in [-0.3, -0.25) is 0 Å². The molecule has 0 spiro atoms. The van der Waals surface area contributed by atoms with Gasteiger partial charge in [0.05, 0.1) is 24.6 Å². The Morgan fingerprint density at radius 1 is 0.350 bits per heavy atom. The maximum absolute atomic E-state index is 13.0. The van der Waals surface area contributed by atoms with Crippen molar-refractivity contribution in [2.45, 2.75) is 28.3 Å². The molecule has 0 radical (unpaired) electrons. The molecular weight excluding hydrogens is 833 g/mol. The van der Waals surface area contributed by atoms with Gasteiger partial charge < -0.3 is 14.0 Å². The van der Waals surface area contributed by atoms with E-state index in [0.29, 0.717) is 18.2 Å². The molecule has 306 valence electrons. The van der Waals surface area contributed by atoms with E-state index in [2.05, 4.69) is 115 Å². The van der Waals surface area contributed by atoms with Crippen molar-refractivity contribution in [2.24, 2.45) is 0 Å². The smallest absolute Gasteiger partial charge is 0.490 e. The van der Waals surface area contributed by atoms with Gasteiger partial charge in [-0.2, -0.15) is 39.5 Å². The molecule has 0 atom stereocenters. The van der Waals surface area contributed by atoms with Crippen LogP contribution >= 0.6 is 19.7 Å². The molecule has 15 heteroatoms. The number of hydrogen-bond donors (Lipinski definition) is 0. The molecule has 0 aliphatic rings. The fourth-order valence-corrected chi connectivity index (χ4v) is 9.06. The van der Waals surface area contributed by atoms with E-state index in [1.54, 1.807) is 0 Å². The highest BCUT2D eigenvalue weighted by molar-refractivity contribution is 7.99. The van der Waals surface area contributed by atoms with Gasteiger partial charge >= 0.3 is 25.9 Å². The van der Waals surface area contributed by atoms with Crippen LogP contribution in [0.2, 0.25) is 0 Å². The first kappa shape index (κ1) is 43.7. The molecule has 0 aliphatic heterocycles. The molecule has 0 aliphatic carbocycles. The van der Waals surface area contributed by atoms with Crippen LogP contribution in [0.15, 0.2) is 198 Å². The summed E-state index contributed by atoms with van der Waals surface area (Å²) in [6.45, 7) is 0. The fourth-order valence-electron chi connectivity index (χ4n) is 5.67. The van der Waals surface area contributed by atoms with Crippen LogP contribution in [0.3, 0.4) is 0 Å². The highest BCUT2D eigenvalue weighted by atomic mass is 32.2. The van der Waals surface area contributed by atoms with E-state index in [1.165, 1.54) is 25.7 Å². The van der Waals surface area contributed by atoms with Crippen LogP contribution in [0.4, 0.5) is 39.5 Å². The first-order chi connectivity index (χ1) is 28.6. The molecular formula is C45H32BF9O3PS+. The van der Waals surface area contributed by atoms with E-state index in [4.69, 9.17) is 14.0 Å². The highest BCUT2D eigenvalue weighted by Crippen LogP contribution is 2.36. The molecule has 0 saturated carbocycles.